The lowest BCUT2D eigenvalue weighted by Gasteiger charge is -2.30. The largest absolute Gasteiger partial charge is 0.347 e. The highest BCUT2D eigenvalue weighted by Gasteiger charge is 2.23. The van der Waals surface area contributed by atoms with Crippen molar-refractivity contribution in [2.24, 2.45) is 11.8 Å². The Balaban J connectivity index is 1.72. The predicted octanol–water partition coefficient (Wildman–Crippen LogP) is 6.49. The second kappa shape index (κ2) is 9.49. The summed E-state index contributed by atoms with van der Waals surface area (Å²) in [7, 11) is 0. The molecule has 1 N–H and O–H groups in total. The first-order valence-electron chi connectivity index (χ1n) is 10.6. The first-order valence-corrected chi connectivity index (χ1v) is 11.6. The maximum atomic E-state index is 12.2. The van der Waals surface area contributed by atoms with Gasteiger partial charge in [0.15, 0.2) is 0 Å². The zero-order valence-corrected chi connectivity index (χ0v) is 19.0. The smallest absolute Gasteiger partial charge is 0.251 e. The van der Waals surface area contributed by atoms with E-state index in [1.165, 1.54) is 43.4 Å². The van der Waals surface area contributed by atoms with Crippen LogP contribution >= 0.6 is 11.8 Å². The van der Waals surface area contributed by atoms with E-state index in [9.17, 15) is 4.79 Å². The van der Waals surface area contributed by atoms with Crippen molar-refractivity contribution in [2.75, 3.05) is 5.75 Å². The Kier molecular flexibility index (Phi) is 7.85. The first kappa shape index (κ1) is 22.3. The van der Waals surface area contributed by atoms with Crippen molar-refractivity contribution < 1.29 is 4.79 Å². The van der Waals surface area contributed by atoms with Crippen molar-refractivity contribution in [1.82, 2.24) is 5.32 Å². The summed E-state index contributed by atoms with van der Waals surface area (Å²) in [5.74, 6) is 3.14. The topological polar surface area (TPSA) is 29.1 Å². The molecule has 1 fully saturated rings. The molecule has 1 aliphatic carbocycles. The van der Waals surface area contributed by atoms with Crippen LogP contribution in [0.15, 0.2) is 24.3 Å². The molecule has 0 unspecified atom stereocenters. The molecule has 2 rings (SSSR count). The molecule has 152 valence electrons. The molecular weight excluding hydrogens is 350 g/mol. The van der Waals surface area contributed by atoms with Gasteiger partial charge in [-0.25, -0.2) is 0 Å². The number of carbonyl (C=O) groups excluding carboxylic acids is 1. The minimum atomic E-state index is -0.194. The van der Waals surface area contributed by atoms with Gasteiger partial charge in [0, 0.05) is 15.8 Å². The molecule has 27 heavy (non-hydrogen) atoms. The van der Waals surface area contributed by atoms with E-state index in [-0.39, 0.29) is 11.4 Å². The Labute approximate surface area is 171 Å². The molecule has 1 aromatic carbocycles. The van der Waals surface area contributed by atoms with Crippen LogP contribution in [0.5, 0.6) is 0 Å². The van der Waals surface area contributed by atoms with Gasteiger partial charge in [-0.15, -0.1) is 0 Å². The van der Waals surface area contributed by atoms with Gasteiger partial charge in [-0.2, -0.15) is 11.8 Å². The second-order valence-corrected chi connectivity index (χ2v) is 12.1. The highest BCUT2D eigenvalue weighted by Crippen LogP contribution is 2.36. The minimum absolute atomic E-state index is 0.0144. The summed E-state index contributed by atoms with van der Waals surface area (Å²) in [6.07, 6.45) is 8.00. The molecular formula is C24H39NOS. The summed E-state index contributed by atoms with van der Waals surface area (Å²) in [5, 5.41) is 3.02. The lowest BCUT2D eigenvalue weighted by atomic mass is 9.80. The molecule has 0 aliphatic heterocycles. The van der Waals surface area contributed by atoms with Crippen molar-refractivity contribution in [3.63, 3.8) is 0 Å². The van der Waals surface area contributed by atoms with E-state index < -0.39 is 0 Å². The molecule has 0 aromatic heterocycles. The van der Waals surface area contributed by atoms with Crippen LogP contribution in [0.1, 0.15) is 89.6 Å². The Hall–Kier alpha value is -0.960. The van der Waals surface area contributed by atoms with Crippen LogP contribution < -0.4 is 5.32 Å². The van der Waals surface area contributed by atoms with Crippen LogP contribution in [0.2, 0.25) is 0 Å². The van der Waals surface area contributed by atoms with E-state index in [2.05, 4.69) is 50.0 Å². The van der Waals surface area contributed by atoms with Gasteiger partial charge in [0.05, 0.1) is 0 Å². The second-order valence-electron chi connectivity index (χ2n) is 10.2. The molecule has 1 amide bonds. The number of rotatable bonds is 6. The average molecular weight is 390 g/mol. The third kappa shape index (κ3) is 8.72. The fourth-order valence-corrected chi connectivity index (χ4v) is 4.73. The van der Waals surface area contributed by atoms with Crippen LogP contribution in [0.4, 0.5) is 0 Å². The SMILES string of the molecule is CC(C)(C)NC(=O)c1ccc(CCC2CCC(CSC(C)(C)C)CC2)cc1. The van der Waals surface area contributed by atoms with Gasteiger partial charge < -0.3 is 5.32 Å². The van der Waals surface area contributed by atoms with Gasteiger partial charge in [-0.3, -0.25) is 4.79 Å². The minimum Gasteiger partial charge on any atom is -0.347 e. The fourth-order valence-electron chi connectivity index (χ4n) is 3.66. The highest BCUT2D eigenvalue weighted by atomic mass is 32.2. The third-order valence-electron chi connectivity index (χ3n) is 5.26. The molecule has 0 radical (unpaired) electrons. The van der Waals surface area contributed by atoms with E-state index in [4.69, 9.17) is 0 Å². The number of amides is 1. The van der Waals surface area contributed by atoms with Crippen LogP contribution in [-0.2, 0) is 6.42 Å². The van der Waals surface area contributed by atoms with E-state index >= 15 is 0 Å². The highest BCUT2D eigenvalue weighted by molar-refractivity contribution is 8.00. The summed E-state index contributed by atoms with van der Waals surface area (Å²) < 4.78 is 0.396. The molecule has 3 heteroatoms. The van der Waals surface area contributed by atoms with E-state index in [1.54, 1.807) is 0 Å². The van der Waals surface area contributed by atoms with Crippen molar-refractivity contribution in [2.45, 2.75) is 90.4 Å². The number of nitrogens with one attached hydrogen (secondary N) is 1. The number of benzene rings is 1. The zero-order chi connectivity index (χ0) is 20.1. The summed E-state index contributed by atoms with van der Waals surface area (Å²) in [5.41, 5.74) is 1.92. The van der Waals surface area contributed by atoms with Gasteiger partial charge in [-0.1, -0.05) is 45.7 Å². The molecule has 2 nitrogen and oxygen atoms in total. The lowest BCUT2D eigenvalue weighted by Crippen LogP contribution is -2.40. The Bertz CT molecular complexity index is 586. The summed E-state index contributed by atoms with van der Waals surface area (Å²) in [6.45, 7) is 13.0. The molecule has 1 saturated carbocycles. The Morgan fingerprint density at radius 1 is 0.963 bits per heavy atom. The van der Waals surface area contributed by atoms with Crippen molar-refractivity contribution in [1.29, 1.82) is 0 Å². The molecule has 0 bridgehead atoms. The summed E-state index contributed by atoms with van der Waals surface area (Å²) >= 11 is 2.13. The van der Waals surface area contributed by atoms with Crippen LogP contribution in [0.3, 0.4) is 0 Å². The summed E-state index contributed by atoms with van der Waals surface area (Å²) in [4.78, 5) is 12.2. The standard InChI is InChI=1S/C24H39NOS/c1-23(2,3)25-22(26)21-15-13-19(14-16-21)8-7-18-9-11-20(12-10-18)17-27-24(4,5)6/h13-16,18,20H,7-12,17H2,1-6H3,(H,25,26). The van der Waals surface area contributed by atoms with Crippen LogP contribution in [-0.4, -0.2) is 21.9 Å². The van der Waals surface area contributed by atoms with Crippen molar-refractivity contribution in [3.8, 4) is 0 Å². The first-order chi connectivity index (χ1) is 12.5. The predicted molar refractivity (Wildman–Crippen MR) is 120 cm³/mol. The molecule has 1 aliphatic rings. The number of thioether (sulfide) groups is 1. The molecule has 0 spiro atoms. The number of carbonyl (C=O) groups is 1. The van der Waals surface area contributed by atoms with Crippen LogP contribution in [0.25, 0.3) is 0 Å². The molecule has 0 heterocycles. The quantitative estimate of drug-likeness (QED) is 0.603. The van der Waals surface area contributed by atoms with Gasteiger partial charge in [0.2, 0.25) is 0 Å². The number of hydrogen-bond donors (Lipinski definition) is 1. The average Bonchev–Trinajstić information content (AvgIpc) is 2.57. The molecule has 0 atom stereocenters. The van der Waals surface area contributed by atoms with Gasteiger partial charge >= 0.3 is 0 Å². The van der Waals surface area contributed by atoms with Crippen molar-refractivity contribution in [3.05, 3.63) is 35.4 Å². The van der Waals surface area contributed by atoms with Crippen molar-refractivity contribution >= 4 is 17.7 Å². The van der Waals surface area contributed by atoms with E-state index in [1.807, 2.05) is 32.9 Å². The zero-order valence-electron chi connectivity index (χ0n) is 18.2. The number of aryl methyl sites for hydroxylation is 1. The summed E-state index contributed by atoms with van der Waals surface area (Å²) in [6, 6.07) is 8.19. The monoisotopic (exact) mass is 389 g/mol. The lowest BCUT2D eigenvalue weighted by molar-refractivity contribution is 0.0919. The van der Waals surface area contributed by atoms with Gasteiger partial charge in [0.25, 0.3) is 5.91 Å². The van der Waals surface area contributed by atoms with E-state index in [0.29, 0.717) is 4.75 Å². The Morgan fingerprint density at radius 3 is 2.04 bits per heavy atom. The van der Waals surface area contributed by atoms with Gasteiger partial charge in [0.1, 0.15) is 0 Å². The molecule has 1 aromatic rings. The van der Waals surface area contributed by atoms with Gasteiger partial charge in [-0.05, 0) is 81.7 Å². The Morgan fingerprint density at radius 2 is 1.52 bits per heavy atom. The van der Waals surface area contributed by atoms with E-state index in [0.717, 1.165) is 23.8 Å². The third-order valence-corrected chi connectivity index (χ3v) is 6.77. The molecule has 0 saturated heterocycles. The fraction of sp³-hybridized carbons (Fsp3) is 0.708. The maximum Gasteiger partial charge on any atom is 0.251 e. The normalized spacial score (nSPS) is 21.1. The number of hydrogen-bond acceptors (Lipinski definition) is 2. The maximum absolute atomic E-state index is 12.2. The van der Waals surface area contributed by atoms with Crippen LogP contribution in [0, 0.1) is 11.8 Å².